The van der Waals surface area contributed by atoms with E-state index < -0.39 is 23.1 Å². The van der Waals surface area contributed by atoms with E-state index in [1.165, 1.54) is 0 Å². The number of carbonyl (C=O) groups excluding carboxylic acids is 1. The fraction of sp³-hybridized carbons (Fsp3) is 0.750. The lowest BCUT2D eigenvalue weighted by molar-refractivity contribution is -0.757. The molecule has 9 nitrogen and oxygen atoms in total. The second-order valence-electron chi connectivity index (χ2n) is 3.12. The van der Waals surface area contributed by atoms with E-state index in [0.717, 1.165) is 0 Å². The van der Waals surface area contributed by atoms with Crippen molar-refractivity contribution in [2.45, 2.75) is 25.3 Å². The lowest BCUT2D eigenvalue weighted by atomic mass is 10.2. The summed E-state index contributed by atoms with van der Waals surface area (Å²) in [5.74, 6) is -1.78. The van der Waals surface area contributed by atoms with Crippen LogP contribution in [0.4, 0.5) is 0 Å². The summed E-state index contributed by atoms with van der Waals surface area (Å²) in [4.78, 5) is 35.1. The van der Waals surface area contributed by atoms with Crippen molar-refractivity contribution >= 4 is 11.9 Å². The largest absolute Gasteiger partial charge is 0.481 e. The molecule has 0 aromatic heterocycles. The first-order chi connectivity index (χ1) is 7.93. The Morgan fingerprint density at radius 1 is 1.41 bits per heavy atom. The number of hydrogen-bond donors (Lipinski definition) is 2. The van der Waals surface area contributed by atoms with Crippen LogP contribution in [0.2, 0.25) is 0 Å². The number of esters is 1. The molecule has 0 saturated carbocycles. The third kappa shape index (κ3) is 9.05. The molecule has 0 rings (SSSR count). The second-order valence-corrected chi connectivity index (χ2v) is 3.12. The Kier molecular flexibility index (Phi) is 7.35. The Hall–Kier alpha value is -1.90. The molecule has 0 saturated heterocycles. The molecular formula is C8H14N2O7. The van der Waals surface area contributed by atoms with Crippen LogP contribution in [0.15, 0.2) is 0 Å². The molecule has 0 bridgehead atoms. The SMILES string of the molecule is NC(CCC(=O)O)C(=O)OCCCO[N+](=O)[O-]. The lowest BCUT2D eigenvalue weighted by Crippen LogP contribution is -2.33. The molecule has 0 fully saturated rings. The van der Waals surface area contributed by atoms with Gasteiger partial charge < -0.3 is 20.4 Å². The number of ether oxygens (including phenoxy) is 1. The minimum Gasteiger partial charge on any atom is -0.481 e. The van der Waals surface area contributed by atoms with Crippen molar-refractivity contribution in [1.29, 1.82) is 0 Å². The van der Waals surface area contributed by atoms with Gasteiger partial charge in [-0.25, -0.2) is 0 Å². The first-order valence-corrected chi connectivity index (χ1v) is 4.84. The van der Waals surface area contributed by atoms with Gasteiger partial charge in [-0.3, -0.25) is 9.59 Å². The van der Waals surface area contributed by atoms with E-state index >= 15 is 0 Å². The fourth-order valence-corrected chi connectivity index (χ4v) is 0.875. The van der Waals surface area contributed by atoms with Gasteiger partial charge in [0.2, 0.25) is 0 Å². The van der Waals surface area contributed by atoms with Crippen LogP contribution in [-0.2, 0) is 19.2 Å². The zero-order chi connectivity index (χ0) is 13.3. The molecular weight excluding hydrogens is 236 g/mol. The van der Waals surface area contributed by atoms with Gasteiger partial charge in [-0.1, -0.05) is 0 Å². The van der Waals surface area contributed by atoms with Crippen molar-refractivity contribution in [2.24, 2.45) is 5.73 Å². The highest BCUT2D eigenvalue weighted by Crippen LogP contribution is 1.98. The van der Waals surface area contributed by atoms with Gasteiger partial charge in [0.1, 0.15) is 6.04 Å². The maximum Gasteiger partial charge on any atom is 0.322 e. The topological polar surface area (TPSA) is 142 Å². The van der Waals surface area contributed by atoms with Crippen molar-refractivity contribution in [3.63, 3.8) is 0 Å². The zero-order valence-corrected chi connectivity index (χ0v) is 9.03. The summed E-state index contributed by atoms with van der Waals surface area (Å²) in [6.45, 7) is -0.238. The number of nitrogens with zero attached hydrogens (tertiary/aromatic N) is 1. The van der Waals surface area contributed by atoms with Crippen molar-refractivity contribution in [1.82, 2.24) is 0 Å². The summed E-state index contributed by atoms with van der Waals surface area (Å²) in [7, 11) is 0. The van der Waals surface area contributed by atoms with Crippen LogP contribution in [0.5, 0.6) is 0 Å². The first kappa shape index (κ1) is 15.1. The van der Waals surface area contributed by atoms with Gasteiger partial charge >= 0.3 is 11.9 Å². The van der Waals surface area contributed by atoms with Crippen LogP contribution in [0, 0.1) is 10.1 Å². The average molecular weight is 250 g/mol. The molecule has 9 heteroatoms. The van der Waals surface area contributed by atoms with E-state index in [2.05, 4.69) is 9.57 Å². The summed E-state index contributed by atoms with van der Waals surface area (Å²) in [5, 5.41) is 17.2. The number of carbonyl (C=O) groups is 2. The Morgan fingerprint density at radius 3 is 2.59 bits per heavy atom. The predicted octanol–water partition coefficient (Wildman–Crippen LogP) is -0.680. The quantitative estimate of drug-likeness (QED) is 0.237. The molecule has 0 aliphatic heterocycles. The third-order valence-electron chi connectivity index (χ3n) is 1.70. The minimum atomic E-state index is -1.05. The molecule has 1 atom stereocenters. The Labute approximate surface area is 96.6 Å². The van der Waals surface area contributed by atoms with Crippen LogP contribution in [0.1, 0.15) is 19.3 Å². The van der Waals surface area contributed by atoms with Crippen LogP contribution in [0.3, 0.4) is 0 Å². The van der Waals surface area contributed by atoms with Crippen molar-refractivity contribution in [3.8, 4) is 0 Å². The summed E-state index contributed by atoms with van der Waals surface area (Å²) >= 11 is 0. The monoisotopic (exact) mass is 250 g/mol. The first-order valence-electron chi connectivity index (χ1n) is 4.84. The van der Waals surface area contributed by atoms with Crippen molar-refractivity contribution in [3.05, 3.63) is 10.1 Å². The van der Waals surface area contributed by atoms with Gasteiger partial charge in [-0.15, -0.1) is 10.1 Å². The molecule has 1 unspecified atom stereocenters. The summed E-state index contributed by atoms with van der Waals surface area (Å²) < 4.78 is 4.66. The smallest absolute Gasteiger partial charge is 0.322 e. The molecule has 98 valence electrons. The molecule has 0 aliphatic carbocycles. The number of aliphatic carboxylic acids is 1. The number of hydrogen-bond acceptors (Lipinski definition) is 7. The minimum absolute atomic E-state index is 0.0143. The third-order valence-corrected chi connectivity index (χ3v) is 1.70. The highest BCUT2D eigenvalue weighted by atomic mass is 16.9. The lowest BCUT2D eigenvalue weighted by Gasteiger charge is -2.09. The van der Waals surface area contributed by atoms with Crippen LogP contribution >= 0.6 is 0 Å². The normalized spacial score (nSPS) is 11.6. The molecule has 0 heterocycles. The van der Waals surface area contributed by atoms with Gasteiger partial charge in [-0.2, -0.15) is 0 Å². The molecule has 0 aromatic rings. The zero-order valence-electron chi connectivity index (χ0n) is 9.03. The van der Waals surface area contributed by atoms with E-state index in [1.807, 2.05) is 0 Å². The second kappa shape index (κ2) is 8.28. The van der Waals surface area contributed by atoms with Gasteiger partial charge in [0.25, 0.3) is 5.09 Å². The maximum absolute atomic E-state index is 11.1. The Morgan fingerprint density at radius 2 is 2.06 bits per heavy atom. The summed E-state index contributed by atoms with van der Waals surface area (Å²) in [5.41, 5.74) is 5.35. The van der Waals surface area contributed by atoms with Gasteiger partial charge in [-0.05, 0) is 6.42 Å². The molecule has 0 aliphatic rings. The average Bonchev–Trinajstić information content (AvgIpc) is 2.24. The summed E-state index contributed by atoms with van der Waals surface area (Å²) in [6.07, 6.45) is -0.0708. The van der Waals surface area contributed by atoms with Gasteiger partial charge in [0.15, 0.2) is 0 Å². The van der Waals surface area contributed by atoms with Crippen LogP contribution in [-0.4, -0.2) is 41.4 Å². The van der Waals surface area contributed by atoms with E-state index in [1.54, 1.807) is 0 Å². The van der Waals surface area contributed by atoms with E-state index in [9.17, 15) is 19.7 Å². The number of carboxylic acid groups (broad SMARTS) is 1. The van der Waals surface area contributed by atoms with Crippen LogP contribution in [0.25, 0.3) is 0 Å². The molecule has 0 radical (unpaired) electrons. The molecule has 0 aromatic carbocycles. The molecule has 0 amide bonds. The predicted molar refractivity (Wildman–Crippen MR) is 53.4 cm³/mol. The number of nitrogens with two attached hydrogens (primary N) is 1. The van der Waals surface area contributed by atoms with Gasteiger partial charge in [0.05, 0.1) is 13.2 Å². The maximum atomic E-state index is 11.1. The van der Waals surface area contributed by atoms with E-state index in [4.69, 9.17) is 10.8 Å². The molecule has 0 spiro atoms. The Bertz CT molecular complexity index is 281. The molecule has 3 N–H and O–H groups in total. The van der Waals surface area contributed by atoms with Crippen LogP contribution < -0.4 is 5.73 Å². The number of carboxylic acids is 1. The molecule has 17 heavy (non-hydrogen) atoms. The van der Waals surface area contributed by atoms with Crippen molar-refractivity contribution in [2.75, 3.05) is 13.2 Å². The Balaban J connectivity index is 3.57. The van der Waals surface area contributed by atoms with Gasteiger partial charge in [0, 0.05) is 12.8 Å². The number of rotatable bonds is 9. The standard InChI is InChI=1S/C8H14N2O7/c9-6(2-3-7(11)12)8(13)16-4-1-5-17-10(14)15/h6H,1-5,9H2,(H,11,12). The fourth-order valence-electron chi connectivity index (χ4n) is 0.875. The van der Waals surface area contributed by atoms with E-state index in [-0.39, 0.29) is 32.5 Å². The highest BCUT2D eigenvalue weighted by Gasteiger charge is 2.15. The summed E-state index contributed by atoms with van der Waals surface area (Å²) in [6, 6.07) is -0.998. The van der Waals surface area contributed by atoms with E-state index in [0.29, 0.717) is 0 Å². The van der Waals surface area contributed by atoms with Crippen molar-refractivity contribution < 1.29 is 29.4 Å². The highest BCUT2D eigenvalue weighted by molar-refractivity contribution is 5.76.